The first kappa shape index (κ1) is 25.7. The lowest BCUT2D eigenvalue weighted by Crippen LogP contribution is -2.66. The van der Waals surface area contributed by atoms with Crippen molar-refractivity contribution in [1.29, 1.82) is 0 Å². The Bertz CT molecular complexity index is 1190. The first-order chi connectivity index (χ1) is 16.8. The van der Waals surface area contributed by atoms with Crippen molar-refractivity contribution in [3.05, 3.63) is 34.6 Å². The number of nitrogens with one attached hydrogen (secondary N) is 2. The van der Waals surface area contributed by atoms with Gasteiger partial charge in [0.1, 0.15) is 23.6 Å². The maximum Gasteiger partial charge on any atom is 0.255 e. The molecule has 13 nitrogen and oxygen atoms in total. The summed E-state index contributed by atoms with van der Waals surface area (Å²) in [7, 11) is 3.19. The average Bonchev–Trinajstić information content (AvgIpc) is 2.74. The van der Waals surface area contributed by atoms with E-state index in [-0.39, 0.29) is 24.1 Å². The highest BCUT2D eigenvalue weighted by molar-refractivity contribution is 6.21. The van der Waals surface area contributed by atoms with Crippen LogP contribution in [-0.4, -0.2) is 86.4 Å². The second-order valence-electron chi connectivity index (χ2n) is 9.74. The first-order valence-corrected chi connectivity index (χ1v) is 11.3. The molecule has 9 N–H and O–H groups in total. The minimum atomic E-state index is -2.93. The number of nitrogens with zero attached hydrogens (tertiary/aromatic N) is 1. The minimum absolute atomic E-state index is 0.124. The summed E-state index contributed by atoms with van der Waals surface area (Å²) in [6.45, 7) is -0.480. The summed E-state index contributed by atoms with van der Waals surface area (Å²) in [4.78, 5) is 52.2. The molecule has 0 radical (unpaired) electrons. The van der Waals surface area contributed by atoms with Crippen molar-refractivity contribution < 1.29 is 44.8 Å². The van der Waals surface area contributed by atoms with Crippen LogP contribution in [0.5, 0.6) is 5.75 Å². The molecule has 4 unspecified atom stereocenters. The lowest BCUT2D eigenvalue weighted by molar-refractivity contribution is -0.262. The van der Waals surface area contributed by atoms with Gasteiger partial charge in [-0.2, -0.15) is 5.48 Å². The highest BCUT2D eigenvalue weighted by Crippen LogP contribution is 2.54. The number of carbonyl (C=O) groups excluding carboxylic acids is 4. The van der Waals surface area contributed by atoms with Gasteiger partial charge in [-0.25, -0.2) is 0 Å². The number of phenolic OH excluding ortho intramolecular Hbond substituents is 1. The third-order valence-corrected chi connectivity index (χ3v) is 7.45. The molecule has 1 aromatic rings. The van der Waals surface area contributed by atoms with Crippen LogP contribution >= 0.6 is 0 Å². The van der Waals surface area contributed by atoms with Crippen LogP contribution in [0.3, 0.4) is 0 Å². The van der Waals surface area contributed by atoms with Crippen molar-refractivity contribution in [2.75, 3.05) is 26.0 Å². The first-order valence-electron chi connectivity index (χ1n) is 11.3. The quantitative estimate of drug-likeness (QED) is 0.0987. The third kappa shape index (κ3) is 3.76. The summed E-state index contributed by atoms with van der Waals surface area (Å²) in [6, 6.07) is 1.97. The number of primary amides is 1. The molecule has 0 aromatic heterocycles. The van der Waals surface area contributed by atoms with Crippen LogP contribution in [-0.2, 0) is 20.8 Å². The Hall–Kier alpha value is -3.36. The summed E-state index contributed by atoms with van der Waals surface area (Å²) in [5.41, 5.74) is 6.31. The van der Waals surface area contributed by atoms with Gasteiger partial charge in [0.25, 0.3) is 5.91 Å². The number of hydroxylamine groups is 1. The molecule has 1 aromatic carbocycles. The van der Waals surface area contributed by atoms with E-state index in [1.54, 1.807) is 24.5 Å². The molecule has 3 aliphatic rings. The van der Waals surface area contributed by atoms with Crippen molar-refractivity contribution in [2.24, 2.45) is 29.4 Å². The fourth-order valence-corrected chi connectivity index (χ4v) is 6.17. The number of likely N-dealkylation sites (N-methyl/N-ethyl adjacent to an activating group) is 1. The van der Waals surface area contributed by atoms with E-state index in [4.69, 9.17) is 10.9 Å². The maximum absolute atomic E-state index is 13.6. The van der Waals surface area contributed by atoms with E-state index in [1.165, 1.54) is 12.1 Å². The molecule has 0 aliphatic heterocycles. The molecule has 0 heterocycles. The van der Waals surface area contributed by atoms with E-state index in [0.717, 1.165) is 0 Å². The number of carbonyl (C=O) groups is 4. The fraction of sp³-hybridized carbons (Fsp3) is 0.478. The topological polar surface area (TPSA) is 223 Å². The number of hydrogen-bond donors (Lipinski definition) is 8. The molecule has 4 rings (SSSR count). The summed E-state index contributed by atoms with van der Waals surface area (Å²) >= 11 is 0. The summed E-state index contributed by atoms with van der Waals surface area (Å²) < 4.78 is 0. The van der Waals surface area contributed by atoms with Crippen LogP contribution in [0.2, 0.25) is 0 Å². The van der Waals surface area contributed by atoms with Crippen LogP contribution in [0.15, 0.2) is 23.5 Å². The van der Waals surface area contributed by atoms with E-state index >= 15 is 0 Å². The predicted octanol–water partition coefficient (Wildman–Crippen LogP) is -1.59. The number of aromatic hydroxyl groups is 1. The van der Waals surface area contributed by atoms with Gasteiger partial charge in [0.15, 0.2) is 17.4 Å². The summed E-state index contributed by atoms with van der Waals surface area (Å²) in [5.74, 6) is -12.6. The zero-order chi connectivity index (χ0) is 26.7. The van der Waals surface area contributed by atoms with Crippen molar-refractivity contribution in [2.45, 2.75) is 24.7 Å². The van der Waals surface area contributed by atoms with Crippen LogP contribution in [0, 0.1) is 23.7 Å². The zero-order valence-corrected chi connectivity index (χ0v) is 19.6. The molecule has 3 aliphatic carbocycles. The fourth-order valence-electron chi connectivity index (χ4n) is 6.17. The Balaban J connectivity index is 1.80. The van der Waals surface area contributed by atoms with Crippen molar-refractivity contribution in [1.82, 2.24) is 10.4 Å². The predicted molar refractivity (Wildman–Crippen MR) is 122 cm³/mol. The molecule has 13 heteroatoms. The van der Waals surface area contributed by atoms with Gasteiger partial charge >= 0.3 is 0 Å². The molecule has 0 saturated heterocycles. The van der Waals surface area contributed by atoms with E-state index in [0.29, 0.717) is 5.56 Å². The molecular weight excluding hydrogens is 476 g/mol. The average molecular weight is 504 g/mol. The summed E-state index contributed by atoms with van der Waals surface area (Å²) in [6.07, 6.45) is 0.273. The van der Waals surface area contributed by atoms with Gasteiger partial charge in [-0.15, -0.1) is 0 Å². The smallest absolute Gasteiger partial charge is 0.255 e. The number of aliphatic hydroxyl groups is 3. The van der Waals surface area contributed by atoms with Crippen molar-refractivity contribution in [3.63, 3.8) is 0 Å². The molecule has 0 spiro atoms. The van der Waals surface area contributed by atoms with Crippen LogP contribution in [0.1, 0.15) is 22.3 Å². The number of anilines is 1. The second kappa shape index (κ2) is 8.94. The normalized spacial score (nSPS) is 28.9. The van der Waals surface area contributed by atoms with E-state index in [9.17, 15) is 39.6 Å². The van der Waals surface area contributed by atoms with Crippen molar-refractivity contribution in [3.8, 4) is 5.75 Å². The number of fused-ring (bicyclic) bond motifs is 3. The molecule has 5 atom stereocenters. The maximum atomic E-state index is 13.6. The number of benzene rings is 1. The van der Waals surface area contributed by atoms with Gasteiger partial charge in [0, 0.05) is 0 Å². The number of amides is 2. The molecule has 1 fully saturated rings. The standard InChI is InChI=1S/C23H28N4O9/c1-27(2)17-10-6-9-5-8-3-4-11(26-12(28)7-25-36)18(29)13(8)19(30)15(9)23(34,35)16(10)20(31)14(21(17)32)22(24)33/h3-4,9-10,15-17,25,29,32,34-36H,5-7H2,1-2H3,(H2,24,33)(H,26,28)/t9?,10?,15?,16?,17-/m0/s1. The monoisotopic (exact) mass is 504 g/mol. The van der Waals surface area contributed by atoms with Gasteiger partial charge in [-0.3, -0.25) is 24.1 Å². The Morgan fingerprint density at radius 3 is 2.39 bits per heavy atom. The van der Waals surface area contributed by atoms with Gasteiger partial charge in [0.05, 0.1) is 29.1 Å². The molecule has 36 heavy (non-hydrogen) atoms. The summed E-state index contributed by atoms with van der Waals surface area (Å²) in [5, 5.41) is 55.2. The molecule has 194 valence electrons. The highest BCUT2D eigenvalue weighted by Gasteiger charge is 2.65. The Labute approximate surface area is 205 Å². The molecule has 1 saturated carbocycles. The third-order valence-electron chi connectivity index (χ3n) is 7.45. The SMILES string of the molecule is CN(C)[C@@H]1C(O)=C(C(N)=O)C(=O)C2C1CC1Cc3ccc(NC(=O)CNO)c(O)c3C(=O)C1C2(O)O. The number of aliphatic hydroxyl groups excluding tert-OH is 1. The Kier molecular flexibility index (Phi) is 6.39. The number of rotatable bonds is 5. The Morgan fingerprint density at radius 1 is 1.14 bits per heavy atom. The lowest BCUT2D eigenvalue weighted by atomic mass is 9.54. The Morgan fingerprint density at radius 2 is 1.81 bits per heavy atom. The molecule has 2 amide bonds. The van der Waals surface area contributed by atoms with E-state index in [1.807, 2.05) is 0 Å². The number of Topliss-reactive ketones (excluding diaryl/α,β-unsaturated/α-hetero) is 2. The van der Waals surface area contributed by atoms with Gasteiger partial charge in [0.2, 0.25) is 5.91 Å². The largest absolute Gasteiger partial charge is 0.510 e. The van der Waals surface area contributed by atoms with Crippen molar-refractivity contribution >= 4 is 29.1 Å². The van der Waals surface area contributed by atoms with Gasteiger partial charge < -0.3 is 36.7 Å². The van der Waals surface area contributed by atoms with Crippen LogP contribution in [0.4, 0.5) is 5.69 Å². The molecule has 0 bridgehead atoms. The number of phenols is 1. The number of ketones is 2. The number of hydrogen-bond acceptors (Lipinski definition) is 11. The zero-order valence-electron chi connectivity index (χ0n) is 19.6. The van der Waals surface area contributed by atoms with Crippen LogP contribution < -0.4 is 16.5 Å². The van der Waals surface area contributed by atoms with Crippen LogP contribution in [0.25, 0.3) is 0 Å². The highest BCUT2D eigenvalue weighted by atomic mass is 16.5. The van der Waals surface area contributed by atoms with E-state index in [2.05, 4.69) is 5.32 Å². The molecular formula is C23H28N4O9. The second-order valence-corrected chi connectivity index (χ2v) is 9.74. The minimum Gasteiger partial charge on any atom is -0.510 e. The van der Waals surface area contributed by atoms with E-state index < -0.39 is 82.5 Å². The number of nitrogens with two attached hydrogens (primary N) is 1. The lowest BCUT2D eigenvalue weighted by Gasteiger charge is -2.54. The van der Waals surface area contributed by atoms with Gasteiger partial charge in [-0.1, -0.05) is 6.07 Å². The van der Waals surface area contributed by atoms with Gasteiger partial charge in [-0.05, 0) is 50.4 Å².